The molecule has 0 unspecified atom stereocenters. The lowest BCUT2D eigenvalue weighted by Crippen LogP contribution is -2.02. The molecule has 8 nitrogen and oxygen atoms in total. The molecule has 14 heteroatoms. The van der Waals surface area contributed by atoms with Crippen LogP contribution < -0.4 is 0 Å². The molecule has 4 aromatic rings. The molecule has 0 aliphatic carbocycles. The standard InChI is InChI=1S/C22H18Cl4N8S2/c23-15-7-5-13(17(25)9-15)11-27-33-19(29-31-21(33)35)3-1-2-4-20-30-32-22(36)34(20)28-12-14-6-8-16(24)10-18(14)26/h5-12H,1-4H2,(H,31,35)(H,32,36)/b27-11+,28-12+. The molecule has 36 heavy (non-hydrogen) atoms. The lowest BCUT2D eigenvalue weighted by atomic mass is 10.2. The maximum Gasteiger partial charge on any atom is 0.216 e. The number of hydrogen-bond acceptors (Lipinski definition) is 6. The summed E-state index contributed by atoms with van der Waals surface area (Å²) in [5.74, 6) is 1.41. The molecule has 0 atom stereocenters. The number of hydrogen-bond donors (Lipinski definition) is 2. The number of halogens is 4. The van der Waals surface area contributed by atoms with E-state index in [0.717, 1.165) is 24.0 Å². The maximum atomic E-state index is 6.22. The fraction of sp³-hybridized carbons (Fsp3) is 0.182. The highest BCUT2D eigenvalue weighted by Crippen LogP contribution is 2.20. The van der Waals surface area contributed by atoms with Crippen molar-refractivity contribution >= 4 is 83.3 Å². The number of rotatable bonds is 9. The first-order valence-corrected chi connectivity index (χ1v) is 13.0. The maximum absolute atomic E-state index is 6.22. The van der Waals surface area contributed by atoms with E-state index in [9.17, 15) is 0 Å². The van der Waals surface area contributed by atoms with Crippen molar-refractivity contribution in [3.8, 4) is 0 Å². The number of aryl methyl sites for hydroxylation is 2. The van der Waals surface area contributed by atoms with Crippen LogP contribution in [0.15, 0.2) is 46.6 Å². The van der Waals surface area contributed by atoms with Gasteiger partial charge in [-0.2, -0.15) is 29.8 Å². The van der Waals surface area contributed by atoms with Crippen LogP contribution in [-0.4, -0.2) is 42.2 Å². The van der Waals surface area contributed by atoms with Gasteiger partial charge in [0.05, 0.1) is 22.5 Å². The van der Waals surface area contributed by atoms with Gasteiger partial charge in [-0.05, 0) is 61.5 Å². The number of H-pyrrole nitrogens is 2. The second-order valence-corrected chi connectivity index (χ2v) is 10.0. The molecule has 0 bridgehead atoms. The summed E-state index contributed by atoms with van der Waals surface area (Å²) < 4.78 is 3.94. The molecule has 186 valence electrons. The van der Waals surface area contributed by atoms with Crippen molar-refractivity contribution in [2.75, 3.05) is 0 Å². The Morgan fingerprint density at radius 1 is 0.722 bits per heavy atom. The monoisotopic (exact) mass is 598 g/mol. The number of benzene rings is 2. The molecule has 0 aliphatic heterocycles. The minimum Gasteiger partial charge on any atom is -0.250 e. The molecular formula is C22H18Cl4N8S2. The Hall–Kier alpha value is -2.34. The Morgan fingerprint density at radius 2 is 1.14 bits per heavy atom. The van der Waals surface area contributed by atoms with E-state index in [1.54, 1.807) is 58.2 Å². The van der Waals surface area contributed by atoms with Crippen molar-refractivity contribution in [1.82, 2.24) is 29.7 Å². The molecule has 0 fully saturated rings. The predicted octanol–water partition coefficient (Wildman–Crippen LogP) is 7.14. The number of nitrogens with zero attached hydrogens (tertiary/aromatic N) is 6. The number of nitrogens with one attached hydrogen (secondary N) is 2. The Bertz CT molecular complexity index is 1430. The van der Waals surface area contributed by atoms with Gasteiger partial charge in [-0.25, -0.2) is 0 Å². The van der Waals surface area contributed by atoms with Gasteiger partial charge in [0.25, 0.3) is 0 Å². The van der Waals surface area contributed by atoms with E-state index in [-0.39, 0.29) is 0 Å². The van der Waals surface area contributed by atoms with Crippen molar-refractivity contribution in [3.05, 3.63) is 88.8 Å². The molecule has 2 aromatic carbocycles. The van der Waals surface area contributed by atoms with E-state index in [0.29, 0.717) is 54.1 Å². The van der Waals surface area contributed by atoms with Gasteiger partial charge in [0.2, 0.25) is 9.54 Å². The largest absolute Gasteiger partial charge is 0.250 e. The third-order valence-corrected chi connectivity index (χ3v) is 6.69. The van der Waals surface area contributed by atoms with Crippen molar-refractivity contribution in [3.63, 3.8) is 0 Å². The second-order valence-electron chi connectivity index (χ2n) is 7.54. The second kappa shape index (κ2) is 12.3. The minimum atomic E-state index is 0.391. The van der Waals surface area contributed by atoms with Crippen molar-refractivity contribution in [2.24, 2.45) is 10.2 Å². The van der Waals surface area contributed by atoms with E-state index >= 15 is 0 Å². The van der Waals surface area contributed by atoms with Gasteiger partial charge < -0.3 is 0 Å². The summed E-state index contributed by atoms with van der Waals surface area (Å²) in [6, 6.07) is 10.4. The Balaban J connectivity index is 1.38. The highest BCUT2D eigenvalue weighted by molar-refractivity contribution is 7.71. The Kier molecular flexibility index (Phi) is 9.10. The van der Waals surface area contributed by atoms with Crippen LogP contribution in [0.4, 0.5) is 0 Å². The van der Waals surface area contributed by atoms with E-state index in [4.69, 9.17) is 70.8 Å². The first-order chi connectivity index (χ1) is 17.3. The van der Waals surface area contributed by atoms with Gasteiger partial charge in [-0.1, -0.05) is 58.5 Å². The van der Waals surface area contributed by atoms with Crippen molar-refractivity contribution in [2.45, 2.75) is 25.7 Å². The highest BCUT2D eigenvalue weighted by atomic mass is 35.5. The summed E-state index contributed by atoms with van der Waals surface area (Å²) in [5.41, 5.74) is 1.44. The fourth-order valence-electron chi connectivity index (χ4n) is 3.23. The Morgan fingerprint density at radius 3 is 1.53 bits per heavy atom. The average Bonchev–Trinajstić information content (AvgIpc) is 3.37. The van der Waals surface area contributed by atoms with Gasteiger partial charge in [-0.15, -0.1) is 0 Å². The summed E-state index contributed by atoms with van der Waals surface area (Å²) in [6.07, 6.45) is 6.15. The molecule has 2 N–H and O–H groups in total. The molecule has 2 aromatic heterocycles. The van der Waals surface area contributed by atoms with Crippen LogP contribution in [0, 0.1) is 9.54 Å². The van der Waals surface area contributed by atoms with Crippen molar-refractivity contribution < 1.29 is 0 Å². The molecule has 0 aliphatic rings. The normalized spacial score (nSPS) is 11.8. The van der Waals surface area contributed by atoms with Crippen LogP contribution in [0.1, 0.15) is 35.6 Å². The summed E-state index contributed by atoms with van der Waals surface area (Å²) in [4.78, 5) is 0. The van der Waals surface area contributed by atoms with Gasteiger partial charge in [0, 0.05) is 34.0 Å². The van der Waals surface area contributed by atoms with E-state index < -0.39 is 0 Å². The lowest BCUT2D eigenvalue weighted by Gasteiger charge is -2.03. The molecule has 0 saturated carbocycles. The highest BCUT2D eigenvalue weighted by Gasteiger charge is 2.09. The predicted molar refractivity (Wildman–Crippen MR) is 150 cm³/mol. The molecule has 0 spiro atoms. The third kappa shape index (κ3) is 6.70. The molecule has 0 radical (unpaired) electrons. The van der Waals surface area contributed by atoms with Gasteiger partial charge in [0.1, 0.15) is 0 Å². The summed E-state index contributed by atoms with van der Waals surface area (Å²) in [5, 5.41) is 25.1. The lowest BCUT2D eigenvalue weighted by molar-refractivity contribution is 0.643. The van der Waals surface area contributed by atoms with Gasteiger partial charge in [-0.3, -0.25) is 10.2 Å². The quantitative estimate of drug-likeness (QED) is 0.121. The zero-order valence-corrected chi connectivity index (χ0v) is 23.1. The molecular weight excluding hydrogens is 582 g/mol. The van der Waals surface area contributed by atoms with Crippen LogP contribution in [0.3, 0.4) is 0 Å². The van der Waals surface area contributed by atoms with Crippen LogP contribution in [0.25, 0.3) is 0 Å². The fourth-order valence-corrected chi connectivity index (χ4v) is 4.54. The summed E-state index contributed by atoms with van der Waals surface area (Å²) in [7, 11) is 0. The van der Waals surface area contributed by atoms with E-state index in [2.05, 4.69) is 30.6 Å². The van der Waals surface area contributed by atoms with Crippen LogP contribution in [0.2, 0.25) is 20.1 Å². The van der Waals surface area contributed by atoms with Crippen molar-refractivity contribution in [1.29, 1.82) is 0 Å². The van der Waals surface area contributed by atoms with E-state index in [1.807, 2.05) is 0 Å². The van der Waals surface area contributed by atoms with Crippen LogP contribution >= 0.6 is 70.8 Å². The molecule has 0 amide bonds. The SMILES string of the molecule is S=c1[nH]nc(CCCCc2n[nH]c(=S)n2/N=C/c2ccc(Cl)cc2Cl)n1/N=C/c1ccc(Cl)cc1Cl. The smallest absolute Gasteiger partial charge is 0.216 e. The van der Waals surface area contributed by atoms with Crippen LogP contribution in [0.5, 0.6) is 0 Å². The molecule has 2 heterocycles. The number of aromatic amines is 2. The molecule has 4 rings (SSSR count). The Labute approximate surface area is 236 Å². The summed E-state index contributed by atoms with van der Waals surface area (Å²) in [6.45, 7) is 0. The van der Waals surface area contributed by atoms with Crippen LogP contribution in [-0.2, 0) is 12.8 Å². The number of aromatic nitrogens is 6. The average molecular weight is 600 g/mol. The van der Waals surface area contributed by atoms with Gasteiger partial charge >= 0.3 is 0 Å². The number of unbranched alkanes of at least 4 members (excludes halogenated alkanes) is 1. The van der Waals surface area contributed by atoms with Gasteiger partial charge in [0.15, 0.2) is 11.6 Å². The zero-order chi connectivity index (χ0) is 25.7. The third-order valence-electron chi connectivity index (χ3n) is 5.04. The summed E-state index contributed by atoms with van der Waals surface area (Å²) >= 11 is 35.0. The first-order valence-electron chi connectivity index (χ1n) is 10.6. The zero-order valence-electron chi connectivity index (χ0n) is 18.5. The minimum absolute atomic E-state index is 0.391. The topological polar surface area (TPSA) is 91.9 Å². The first kappa shape index (κ1) is 26.7. The van der Waals surface area contributed by atoms with E-state index in [1.165, 1.54) is 0 Å². The molecule has 0 saturated heterocycles.